The number of aromatic nitrogens is 2. The van der Waals surface area contributed by atoms with Crippen LogP contribution in [0.5, 0.6) is 5.88 Å². The lowest BCUT2D eigenvalue weighted by molar-refractivity contribution is 0.331. The lowest BCUT2D eigenvalue weighted by Crippen LogP contribution is -2.37. The molecule has 18 heavy (non-hydrogen) atoms. The zero-order valence-corrected chi connectivity index (χ0v) is 11.1. The first-order valence-electron chi connectivity index (χ1n) is 6.59. The van der Waals surface area contributed by atoms with Gasteiger partial charge in [0.1, 0.15) is 0 Å². The Hall–Kier alpha value is -1.36. The molecule has 0 radical (unpaired) electrons. The SMILES string of the molecule is COc1cc(C)nc(NC2CCCCC2CN)n1. The zero-order valence-electron chi connectivity index (χ0n) is 11.1. The van der Waals surface area contributed by atoms with Crippen LogP contribution in [-0.4, -0.2) is 29.7 Å². The molecule has 2 atom stereocenters. The number of aryl methyl sites for hydroxylation is 1. The van der Waals surface area contributed by atoms with Crippen LogP contribution in [0.25, 0.3) is 0 Å². The summed E-state index contributed by atoms with van der Waals surface area (Å²) in [6.45, 7) is 2.66. The number of ether oxygens (including phenoxy) is 1. The van der Waals surface area contributed by atoms with E-state index in [0.29, 0.717) is 23.8 Å². The molecule has 0 aromatic carbocycles. The summed E-state index contributed by atoms with van der Waals surface area (Å²) in [5.74, 6) is 1.77. The molecule has 1 fully saturated rings. The van der Waals surface area contributed by atoms with Crippen LogP contribution < -0.4 is 15.8 Å². The summed E-state index contributed by atoms with van der Waals surface area (Å²) < 4.78 is 5.16. The number of nitrogens with two attached hydrogens (primary N) is 1. The van der Waals surface area contributed by atoms with E-state index in [9.17, 15) is 0 Å². The van der Waals surface area contributed by atoms with Gasteiger partial charge in [-0.15, -0.1) is 0 Å². The summed E-state index contributed by atoms with van der Waals surface area (Å²) in [5.41, 5.74) is 6.73. The summed E-state index contributed by atoms with van der Waals surface area (Å²) in [4.78, 5) is 8.73. The molecule has 1 aliphatic rings. The number of hydrogen-bond donors (Lipinski definition) is 2. The third-order valence-electron chi connectivity index (χ3n) is 3.57. The number of methoxy groups -OCH3 is 1. The predicted molar refractivity (Wildman–Crippen MR) is 71.7 cm³/mol. The largest absolute Gasteiger partial charge is 0.481 e. The molecule has 1 heterocycles. The van der Waals surface area contributed by atoms with E-state index in [1.807, 2.05) is 13.0 Å². The van der Waals surface area contributed by atoms with Gasteiger partial charge in [-0.3, -0.25) is 0 Å². The van der Waals surface area contributed by atoms with Crippen molar-refractivity contribution in [3.63, 3.8) is 0 Å². The van der Waals surface area contributed by atoms with Crippen molar-refractivity contribution in [3.8, 4) is 5.88 Å². The van der Waals surface area contributed by atoms with E-state index in [2.05, 4.69) is 15.3 Å². The van der Waals surface area contributed by atoms with E-state index in [4.69, 9.17) is 10.5 Å². The highest BCUT2D eigenvalue weighted by atomic mass is 16.5. The molecule has 5 heteroatoms. The summed E-state index contributed by atoms with van der Waals surface area (Å²) in [6.07, 6.45) is 4.85. The Labute approximate surface area is 108 Å². The fourth-order valence-corrected chi connectivity index (χ4v) is 2.55. The molecule has 3 N–H and O–H groups in total. The first-order valence-corrected chi connectivity index (χ1v) is 6.59. The van der Waals surface area contributed by atoms with E-state index < -0.39 is 0 Å². The monoisotopic (exact) mass is 250 g/mol. The zero-order chi connectivity index (χ0) is 13.0. The van der Waals surface area contributed by atoms with Crippen LogP contribution in [0, 0.1) is 12.8 Å². The van der Waals surface area contributed by atoms with Gasteiger partial charge in [0.05, 0.1) is 7.11 Å². The minimum atomic E-state index is 0.384. The van der Waals surface area contributed by atoms with Crippen molar-refractivity contribution in [2.75, 3.05) is 19.0 Å². The Kier molecular flexibility index (Phi) is 4.36. The van der Waals surface area contributed by atoms with Crippen LogP contribution in [0.15, 0.2) is 6.07 Å². The number of hydrogen-bond acceptors (Lipinski definition) is 5. The van der Waals surface area contributed by atoms with Crippen molar-refractivity contribution in [3.05, 3.63) is 11.8 Å². The summed E-state index contributed by atoms with van der Waals surface area (Å²) >= 11 is 0. The molecule has 5 nitrogen and oxygen atoms in total. The highest BCUT2D eigenvalue weighted by Crippen LogP contribution is 2.26. The molecular formula is C13H22N4O. The van der Waals surface area contributed by atoms with Crippen molar-refractivity contribution < 1.29 is 4.74 Å². The first kappa shape index (κ1) is 13.1. The van der Waals surface area contributed by atoms with E-state index in [1.165, 1.54) is 19.3 Å². The second-order valence-corrected chi connectivity index (χ2v) is 4.91. The van der Waals surface area contributed by atoms with Crippen LogP contribution in [0.4, 0.5) is 5.95 Å². The van der Waals surface area contributed by atoms with Gasteiger partial charge in [-0.1, -0.05) is 12.8 Å². The van der Waals surface area contributed by atoms with Gasteiger partial charge in [-0.25, -0.2) is 4.98 Å². The molecule has 0 spiro atoms. The molecule has 0 aliphatic heterocycles. The molecule has 2 rings (SSSR count). The van der Waals surface area contributed by atoms with Crippen molar-refractivity contribution in [2.45, 2.75) is 38.6 Å². The highest BCUT2D eigenvalue weighted by molar-refractivity contribution is 5.32. The van der Waals surface area contributed by atoms with E-state index >= 15 is 0 Å². The van der Waals surface area contributed by atoms with Crippen molar-refractivity contribution in [1.29, 1.82) is 0 Å². The third-order valence-corrected chi connectivity index (χ3v) is 3.57. The maximum Gasteiger partial charge on any atom is 0.226 e. The quantitative estimate of drug-likeness (QED) is 0.851. The minimum absolute atomic E-state index is 0.384. The molecule has 0 amide bonds. The topological polar surface area (TPSA) is 73.1 Å². The Morgan fingerprint density at radius 1 is 1.39 bits per heavy atom. The lowest BCUT2D eigenvalue weighted by atomic mass is 9.84. The molecule has 0 saturated heterocycles. The Morgan fingerprint density at radius 2 is 2.17 bits per heavy atom. The molecule has 1 saturated carbocycles. The molecule has 1 aliphatic carbocycles. The fourth-order valence-electron chi connectivity index (χ4n) is 2.55. The maximum atomic E-state index is 5.83. The van der Waals surface area contributed by atoms with Gasteiger partial charge < -0.3 is 15.8 Å². The summed E-state index contributed by atoms with van der Waals surface area (Å²) in [7, 11) is 1.62. The summed E-state index contributed by atoms with van der Waals surface area (Å²) in [6, 6.07) is 2.21. The lowest BCUT2D eigenvalue weighted by Gasteiger charge is -2.31. The molecule has 0 bridgehead atoms. The minimum Gasteiger partial charge on any atom is -0.481 e. The molecular weight excluding hydrogens is 228 g/mol. The maximum absolute atomic E-state index is 5.83. The van der Waals surface area contributed by atoms with E-state index in [1.54, 1.807) is 7.11 Å². The first-order chi connectivity index (χ1) is 8.72. The Balaban J connectivity index is 2.09. The highest BCUT2D eigenvalue weighted by Gasteiger charge is 2.24. The van der Waals surface area contributed by atoms with Crippen LogP contribution in [0.2, 0.25) is 0 Å². The van der Waals surface area contributed by atoms with Crippen LogP contribution in [0.1, 0.15) is 31.4 Å². The van der Waals surface area contributed by atoms with Crippen molar-refractivity contribution in [1.82, 2.24) is 9.97 Å². The van der Waals surface area contributed by atoms with Crippen LogP contribution >= 0.6 is 0 Å². The van der Waals surface area contributed by atoms with Gasteiger partial charge in [-0.05, 0) is 32.2 Å². The molecule has 100 valence electrons. The van der Waals surface area contributed by atoms with Crippen LogP contribution in [-0.2, 0) is 0 Å². The van der Waals surface area contributed by atoms with Gasteiger partial charge in [0, 0.05) is 17.8 Å². The van der Waals surface area contributed by atoms with E-state index in [0.717, 1.165) is 18.7 Å². The van der Waals surface area contributed by atoms with Crippen molar-refractivity contribution >= 4 is 5.95 Å². The van der Waals surface area contributed by atoms with Gasteiger partial charge in [-0.2, -0.15) is 4.98 Å². The average molecular weight is 250 g/mol. The molecule has 1 aromatic rings. The second-order valence-electron chi connectivity index (χ2n) is 4.91. The smallest absolute Gasteiger partial charge is 0.226 e. The second kappa shape index (κ2) is 6.00. The van der Waals surface area contributed by atoms with Gasteiger partial charge in [0.15, 0.2) is 0 Å². The van der Waals surface area contributed by atoms with Gasteiger partial charge in [0.2, 0.25) is 11.8 Å². The standard InChI is InChI=1S/C13H22N4O/c1-9-7-12(18-2)17-13(15-9)16-11-6-4-3-5-10(11)8-14/h7,10-11H,3-6,8,14H2,1-2H3,(H,15,16,17). The van der Waals surface area contributed by atoms with E-state index in [-0.39, 0.29) is 0 Å². The van der Waals surface area contributed by atoms with Crippen molar-refractivity contribution in [2.24, 2.45) is 11.7 Å². The van der Waals surface area contributed by atoms with Gasteiger partial charge in [0.25, 0.3) is 0 Å². The average Bonchev–Trinajstić information content (AvgIpc) is 2.38. The fraction of sp³-hybridized carbons (Fsp3) is 0.692. The number of nitrogens with zero attached hydrogens (tertiary/aromatic N) is 2. The third kappa shape index (κ3) is 3.10. The Bertz CT molecular complexity index is 397. The Morgan fingerprint density at radius 3 is 2.89 bits per heavy atom. The molecule has 1 aromatic heterocycles. The molecule has 2 unspecified atom stereocenters. The normalized spacial score (nSPS) is 23.7. The van der Waals surface area contributed by atoms with Gasteiger partial charge >= 0.3 is 0 Å². The van der Waals surface area contributed by atoms with Crippen LogP contribution in [0.3, 0.4) is 0 Å². The summed E-state index contributed by atoms with van der Waals surface area (Å²) in [5, 5.41) is 3.42. The predicted octanol–water partition coefficient (Wildman–Crippen LogP) is 1.72. The number of rotatable bonds is 4. The number of anilines is 1. The number of nitrogens with one attached hydrogen (secondary N) is 1.